The zero-order valence-electron chi connectivity index (χ0n) is 17.3. The maximum absolute atomic E-state index is 15.1. The fourth-order valence-corrected chi connectivity index (χ4v) is 4.82. The Kier molecular flexibility index (Phi) is 4.26. The first-order chi connectivity index (χ1) is 15.6. The summed E-state index contributed by atoms with van der Waals surface area (Å²) in [6, 6.07) is 9.37. The molecule has 160 valence electrons. The summed E-state index contributed by atoms with van der Waals surface area (Å²) in [6.45, 7) is 1.64. The van der Waals surface area contributed by atoms with Crippen LogP contribution in [0.4, 0.5) is 4.39 Å². The van der Waals surface area contributed by atoms with E-state index in [1.807, 2.05) is 30.4 Å². The molecule has 1 spiro atoms. The van der Waals surface area contributed by atoms with Crippen LogP contribution < -0.4 is 15.8 Å². The lowest BCUT2D eigenvalue weighted by Crippen LogP contribution is -2.34. The molecule has 3 N–H and O–H groups in total. The molecule has 3 aliphatic heterocycles. The van der Waals surface area contributed by atoms with Gasteiger partial charge in [-0.2, -0.15) is 0 Å². The van der Waals surface area contributed by atoms with E-state index in [4.69, 9.17) is 15.2 Å². The van der Waals surface area contributed by atoms with E-state index in [1.54, 1.807) is 12.4 Å². The van der Waals surface area contributed by atoms with Crippen molar-refractivity contribution in [1.29, 1.82) is 0 Å². The second-order valence-corrected chi connectivity index (χ2v) is 8.25. The summed E-state index contributed by atoms with van der Waals surface area (Å²) in [7, 11) is 0. The molecule has 3 aromatic rings. The van der Waals surface area contributed by atoms with Gasteiger partial charge in [0.2, 0.25) is 0 Å². The van der Waals surface area contributed by atoms with Crippen molar-refractivity contribution in [3.05, 3.63) is 89.5 Å². The van der Waals surface area contributed by atoms with Crippen molar-refractivity contribution in [1.82, 2.24) is 15.3 Å². The van der Waals surface area contributed by atoms with Crippen LogP contribution in [-0.4, -0.2) is 29.7 Å². The topological polar surface area (TPSA) is 82.3 Å². The zero-order valence-corrected chi connectivity index (χ0v) is 17.3. The van der Waals surface area contributed by atoms with Gasteiger partial charge in [-0.3, -0.25) is 0 Å². The Labute approximate surface area is 184 Å². The van der Waals surface area contributed by atoms with Crippen molar-refractivity contribution in [2.75, 3.05) is 19.8 Å². The molecule has 1 atom stereocenters. The number of nitrogens with one attached hydrogen (secondary N) is 1. The van der Waals surface area contributed by atoms with Gasteiger partial charge >= 0.3 is 0 Å². The number of nitrogens with zero attached hydrogens (tertiary/aromatic N) is 2. The van der Waals surface area contributed by atoms with E-state index < -0.39 is 5.41 Å². The van der Waals surface area contributed by atoms with Crippen molar-refractivity contribution in [2.24, 2.45) is 5.73 Å². The number of ether oxygens (including phenoxy) is 2. The highest BCUT2D eigenvalue weighted by atomic mass is 19.1. The van der Waals surface area contributed by atoms with Gasteiger partial charge in [0.05, 0.1) is 24.4 Å². The Balaban J connectivity index is 1.56. The smallest absolute Gasteiger partial charge is 0.134 e. The summed E-state index contributed by atoms with van der Waals surface area (Å²) in [6.07, 6.45) is 9.70. The normalized spacial score (nSPS) is 21.2. The fraction of sp³-hybridized carbons (Fsp3) is 0.200. The molecule has 3 aliphatic rings. The highest BCUT2D eigenvalue weighted by Gasteiger charge is 2.44. The number of halogens is 1. The monoisotopic (exact) mass is 428 g/mol. The SMILES string of the molecule is NC1=C[C@]2(CN1)c1cc(-c3cncnc3)ccc1Oc1cc(F)c(C3=CCOCC3)cc12. The third-order valence-corrected chi connectivity index (χ3v) is 6.41. The van der Waals surface area contributed by atoms with E-state index in [0.29, 0.717) is 49.1 Å². The Morgan fingerprint density at radius 1 is 1.03 bits per heavy atom. The van der Waals surface area contributed by atoms with Crippen molar-refractivity contribution in [2.45, 2.75) is 11.8 Å². The highest BCUT2D eigenvalue weighted by Crippen LogP contribution is 2.52. The second-order valence-electron chi connectivity index (χ2n) is 8.25. The first-order valence-corrected chi connectivity index (χ1v) is 10.6. The molecule has 2 aromatic carbocycles. The first-order valence-electron chi connectivity index (χ1n) is 10.6. The van der Waals surface area contributed by atoms with E-state index in [-0.39, 0.29) is 5.82 Å². The van der Waals surface area contributed by atoms with Crippen LogP contribution in [-0.2, 0) is 10.2 Å². The molecule has 0 fully saturated rings. The van der Waals surface area contributed by atoms with Gasteiger partial charge in [0.1, 0.15) is 23.6 Å². The lowest BCUT2D eigenvalue weighted by Gasteiger charge is -2.36. The van der Waals surface area contributed by atoms with Crippen LogP contribution in [0.3, 0.4) is 0 Å². The van der Waals surface area contributed by atoms with E-state index in [0.717, 1.165) is 27.8 Å². The molecule has 0 saturated carbocycles. The summed E-state index contributed by atoms with van der Waals surface area (Å²) in [4.78, 5) is 8.28. The molecule has 0 amide bonds. The Hall–Kier alpha value is -3.71. The number of hydrogen-bond acceptors (Lipinski definition) is 6. The van der Waals surface area contributed by atoms with Crippen molar-refractivity contribution in [3.63, 3.8) is 0 Å². The average molecular weight is 428 g/mol. The van der Waals surface area contributed by atoms with Gasteiger partial charge in [0.25, 0.3) is 0 Å². The largest absolute Gasteiger partial charge is 0.457 e. The molecule has 6 rings (SSSR count). The lowest BCUT2D eigenvalue weighted by molar-refractivity contribution is 0.161. The summed E-state index contributed by atoms with van der Waals surface area (Å²) in [5.74, 6) is 1.49. The van der Waals surface area contributed by atoms with Crippen molar-refractivity contribution < 1.29 is 13.9 Å². The lowest BCUT2D eigenvalue weighted by atomic mass is 9.72. The van der Waals surface area contributed by atoms with Crippen LogP contribution >= 0.6 is 0 Å². The number of hydrogen-bond donors (Lipinski definition) is 2. The van der Waals surface area contributed by atoms with E-state index in [2.05, 4.69) is 21.4 Å². The minimum atomic E-state index is -0.577. The van der Waals surface area contributed by atoms with Gasteiger partial charge in [0.15, 0.2) is 0 Å². The van der Waals surface area contributed by atoms with Gasteiger partial charge in [-0.05, 0) is 41.8 Å². The van der Waals surface area contributed by atoms with Crippen LogP contribution in [0, 0.1) is 5.82 Å². The molecular weight excluding hydrogens is 407 g/mol. The van der Waals surface area contributed by atoms with E-state index in [9.17, 15) is 0 Å². The molecule has 32 heavy (non-hydrogen) atoms. The maximum Gasteiger partial charge on any atom is 0.134 e. The van der Waals surface area contributed by atoms with Gasteiger partial charge in [0, 0.05) is 47.3 Å². The van der Waals surface area contributed by atoms with Gasteiger partial charge < -0.3 is 20.5 Å². The summed E-state index contributed by atoms with van der Waals surface area (Å²) in [5, 5.41) is 3.26. The summed E-state index contributed by atoms with van der Waals surface area (Å²) >= 11 is 0. The summed E-state index contributed by atoms with van der Waals surface area (Å²) < 4.78 is 26.8. The first kappa shape index (κ1) is 19.0. The molecule has 0 saturated heterocycles. The van der Waals surface area contributed by atoms with Crippen LogP contribution in [0.2, 0.25) is 0 Å². The minimum absolute atomic E-state index is 0.295. The highest BCUT2D eigenvalue weighted by molar-refractivity contribution is 5.74. The van der Waals surface area contributed by atoms with Crippen LogP contribution in [0.1, 0.15) is 23.1 Å². The molecule has 0 aliphatic carbocycles. The number of nitrogens with two attached hydrogens (primary N) is 1. The fourth-order valence-electron chi connectivity index (χ4n) is 4.82. The van der Waals surface area contributed by atoms with Crippen LogP contribution in [0.5, 0.6) is 11.5 Å². The van der Waals surface area contributed by atoms with Gasteiger partial charge in [-0.25, -0.2) is 14.4 Å². The molecule has 0 bridgehead atoms. The summed E-state index contributed by atoms with van der Waals surface area (Å²) in [5.41, 5.74) is 10.9. The molecule has 4 heterocycles. The van der Waals surface area contributed by atoms with Gasteiger partial charge in [-0.15, -0.1) is 0 Å². The molecule has 1 aromatic heterocycles. The maximum atomic E-state index is 15.1. The van der Waals surface area contributed by atoms with Crippen molar-refractivity contribution in [3.8, 4) is 22.6 Å². The molecule has 7 heteroatoms. The van der Waals surface area contributed by atoms with E-state index >= 15 is 4.39 Å². The Morgan fingerprint density at radius 2 is 1.88 bits per heavy atom. The predicted molar refractivity (Wildman–Crippen MR) is 118 cm³/mol. The third kappa shape index (κ3) is 2.89. The third-order valence-electron chi connectivity index (χ3n) is 6.41. The number of aromatic nitrogens is 2. The molecular formula is C25H21FN4O2. The standard InChI is InChI=1S/C25H21FN4O2/c26-21-9-23-20(8-18(21)15-3-5-31-6-4-15)25(10-24(27)30-13-25)19-7-16(1-2-22(19)32-23)17-11-28-14-29-12-17/h1-3,7-12,14,30H,4-6,13,27H2/t25-/m0/s1. The Morgan fingerprint density at radius 3 is 2.62 bits per heavy atom. The van der Waals surface area contributed by atoms with Crippen LogP contribution in [0.25, 0.3) is 16.7 Å². The second kappa shape index (κ2) is 7.17. The average Bonchev–Trinajstić information content (AvgIpc) is 3.22. The number of fused-ring (bicyclic) bond motifs is 4. The number of benzene rings is 2. The number of rotatable bonds is 2. The molecule has 6 nitrogen and oxygen atoms in total. The molecule has 0 radical (unpaired) electrons. The zero-order chi connectivity index (χ0) is 21.7. The van der Waals surface area contributed by atoms with E-state index in [1.165, 1.54) is 12.4 Å². The quantitative estimate of drug-likeness (QED) is 0.645. The van der Waals surface area contributed by atoms with Gasteiger partial charge in [-0.1, -0.05) is 12.1 Å². The molecule has 0 unspecified atom stereocenters. The van der Waals surface area contributed by atoms with Crippen LogP contribution in [0.15, 0.2) is 67.0 Å². The predicted octanol–water partition coefficient (Wildman–Crippen LogP) is 3.88. The Bertz CT molecular complexity index is 1290. The minimum Gasteiger partial charge on any atom is -0.457 e. The van der Waals surface area contributed by atoms with Crippen molar-refractivity contribution >= 4 is 5.57 Å².